The van der Waals surface area contributed by atoms with Crippen molar-refractivity contribution in [1.29, 1.82) is 5.26 Å². The molecule has 30 heavy (non-hydrogen) atoms. The molecule has 2 heterocycles. The van der Waals surface area contributed by atoms with Crippen molar-refractivity contribution in [2.45, 2.75) is 31.5 Å². The van der Waals surface area contributed by atoms with Crippen molar-refractivity contribution in [2.24, 2.45) is 5.92 Å². The lowest BCUT2D eigenvalue weighted by Gasteiger charge is -2.47. The minimum absolute atomic E-state index is 0.138. The Morgan fingerprint density at radius 3 is 2.50 bits per heavy atom. The van der Waals surface area contributed by atoms with Crippen LogP contribution in [0.15, 0.2) is 48.5 Å². The normalized spacial score (nSPS) is 22.8. The van der Waals surface area contributed by atoms with Crippen LogP contribution >= 0.6 is 0 Å². The van der Waals surface area contributed by atoms with Crippen LogP contribution in [0, 0.1) is 23.1 Å². The molecule has 1 amide bonds. The maximum atomic E-state index is 13.6. The maximum absolute atomic E-state index is 13.6. The fraction of sp³-hybridized carbons (Fsp3) is 0.348. The Bertz CT molecular complexity index is 974. The Morgan fingerprint density at radius 1 is 1.13 bits per heavy atom. The molecular formula is C23H21FN2O4. The van der Waals surface area contributed by atoms with Crippen LogP contribution in [0.4, 0.5) is 9.18 Å². The summed E-state index contributed by atoms with van der Waals surface area (Å²) < 4.78 is 24.7. The molecule has 0 spiro atoms. The molecule has 2 unspecified atom stereocenters. The summed E-state index contributed by atoms with van der Waals surface area (Å²) in [5.74, 6) is -1.10. The maximum Gasteiger partial charge on any atom is 0.410 e. The molecule has 0 aliphatic carbocycles. The van der Waals surface area contributed by atoms with Gasteiger partial charge in [0, 0.05) is 11.5 Å². The van der Waals surface area contributed by atoms with Crippen molar-refractivity contribution in [2.75, 3.05) is 13.2 Å². The van der Waals surface area contributed by atoms with Crippen molar-refractivity contribution in [1.82, 2.24) is 4.90 Å². The largest absolute Gasteiger partial charge is 0.445 e. The highest BCUT2D eigenvalue weighted by molar-refractivity contribution is 5.98. The third kappa shape index (κ3) is 4.05. The van der Waals surface area contributed by atoms with Crippen molar-refractivity contribution in [3.05, 3.63) is 71.0 Å². The summed E-state index contributed by atoms with van der Waals surface area (Å²) in [6.07, 6.45) is 0.473. The molecule has 2 fully saturated rings. The second-order valence-electron chi connectivity index (χ2n) is 7.63. The van der Waals surface area contributed by atoms with E-state index in [2.05, 4.69) is 0 Å². The van der Waals surface area contributed by atoms with Crippen molar-refractivity contribution in [3.63, 3.8) is 0 Å². The van der Waals surface area contributed by atoms with Gasteiger partial charge in [-0.3, -0.25) is 9.69 Å². The Labute approximate surface area is 173 Å². The molecule has 0 saturated carbocycles. The highest BCUT2D eigenvalue weighted by Crippen LogP contribution is 2.34. The number of Topliss-reactive ketones (excluding diaryl/α,β-unsaturated/α-hetero) is 1. The van der Waals surface area contributed by atoms with Crippen molar-refractivity contribution < 1.29 is 23.5 Å². The summed E-state index contributed by atoms with van der Waals surface area (Å²) in [5, 5.41) is 9.02. The Hall–Kier alpha value is -3.24. The van der Waals surface area contributed by atoms with Crippen molar-refractivity contribution >= 4 is 11.9 Å². The Morgan fingerprint density at radius 2 is 1.83 bits per heavy atom. The van der Waals surface area contributed by atoms with E-state index in [1.54, 1.807) is 11.0 Å². The van der Waals surface area contributed by atoms with Crippen LogP contribution in [0.1, 0.15) is 34.3 Å². The average Bonchev–Trinajstić information content (AvgIpc) is 2.77. The van der Waals surface area contributed by atoms with E-state index in [9.17, 15) is 14.0 Å². The molecule has 2 bridgehead atoms. The van der Waals surface area contributed by atoms with Crippen LogP contribution in [0.5, 0.6) is 0 Å². The van der Waals surface area contributed by atoms with Crippen LogP contribution < -0.4 is 0 Å². The number of carbonyl (C=O) groups is 2. The van der Waals surface area contributed by atoms with Gasteiger partial charge in [0.2, 0.25) is 0 Å². The molecule has 0 radical (unpaired) electrons. The molecule has 2 aliphatic rings. The average molecular weight is 408 g/mol. The van der Waals surface area contributed by atoms with E-state index in [1.165, 1.54) is 12.1 Å². The molecule has 2 aromatic carbocycles. The number of nitriles is 1. The van der Waals surface area contributed by atoms with Gasteiger partial charge in [0.15, 0.2) is 5.78 Å². The molecule has 0 aromatic heterocycles. The van der Waals surface area contributed by atoms with Crippen molar-refractivity contribution in [3.8, 4) is 6.07 Å². The molecule has 7 heteroatoms. The number of carbonyl (C=O) groups excluding carboxylic acids is 2. The van der Waals surface area contributed by atoms with E-state index in [0.29, 0.717) is 31.6 Å². The minimum atomic E-state index is -0.643. The number of benzene rings is 2. The van der Waals surface area contributed by atoms with Gasteiger partial charge in [0.1, 0.15) is 18.5 Å². The van der Waals surface area contributed by atoms with E-state index in [1.807, 2.05) is 30.3 Å². The summed E-state index contributed by atoms with van der Waals surface area (Å²) in [4.78, 5) is 27.4. The lowest BCUT2D eigenvalue weighted by molar-refractivity contribution is -0.0755. The second-order valence-corrected chi connectivity index (χ2v) is 7.63. The Kier molecular flexibility index (Phi) is 5.77. The van der Waals surface area contributed by atoms with Gasteiger partial charge >= 0.3 is 6.09 Å². The molecule has 2 saturated heterocycles. The summed E-state index contributed by atoms with van der Waals surface area (Å²) in [5.41, 5.74) is 1.07. The molecule has 6 nitrogen and oxygen atoms in total. The van der Waals surface area contributed by atoms with Crippen LogP contribution in [-0.4, -0.2) is 42.1 Å². The third-order valence-corrected chi connectivity index (χ3v) is 5.68. The number of ketones is 1. The van der Waals surface area contributed by atoms with E-state index in [-0.39, 0.29) is 36.0 Å². The number of halogens is 1. The van der Waals surface area contributed by atoms with Crippen LogP contribution in [0.2, 0.25) is 0 Å². The molecule has 154 valence electrons. The smallest absolute Gasteiger partial charge is 0.410 e. The predicted octanol–water partition coefficient (Wildman–Crippen LogP) is 3.70. The molecule has 2 aromatic rings. The molecule has 2 aliphatic heterocycles. The monoisotopic (exact) mass is 408 g/mol. The number of rotatable bonds is 4. The number of morpholine rings is 1. The molecule has 4 rings (SSSR count). The second kappa shape index (κ2) is 8.64. The SMILES string of the molecule is N#Cc1cc(C(=O)C2CC3COCC(C2)N3C(=O)OCc2ccccc2)ccc1F. The number of amides is 1. The van der Waals surface area contributed by atoms with E-state index < -0.39 is 11.9 Å². The first-order valence-electron chi connectivity index (χ1n) is 9.87. The standard InChI is InChI=1S/C23H21FN2O4/c24-21-7-6-16(8-18(21)11-25)22(27)17-9-19-13-29-14-20(10-17)26(19)23(28)30-12-15-4-2-1-3-5-15/h1-8,17,19-20H,9-10,12-14H2. The Balaban J connectivity index is 1.45. The molecular weight excluding hydrogens is 387 g/mol. The van der Waals surface area contributed by atoms with Crippen LogP contribution in [0.3, 0.4) is 0 Å². The fourth-order valence-corrected chi connectivity index (χ4v) is 4.22. The summed E-state index contributed by atoms with van der Waals surface area (Å²) in [6, 6.07) is 14.5. The zero-order valence-electron chi connectivity index (χ0n) is 16.3. The predicted molar refractivity (Wildman–Crippen MR) is 105 cm³/mol. The van der Waals surface area contributed by atoms with Crippen LogP contribution in [-0.2, 0) is 16.1 Å². The number of fused-ring (bicyclic) bond motifs is 2. The quantitative estimate of drug-likeness (QED) is 0.721. The van der Waals surface area contributed by atoms with Gasteiger partial charge in [-0.2, -0.15) is 5.26 Å². The van der Waals surface area contributed by atoms with Gasteiger partial charge in [-0.25, -0.2) is 9.18 Å². The fourth-order valence-electron chi connectivity index (χ4n) is 4.22. The highest BCUT2D eigenvalue weighted by Gasteiger charge is 2.44. The molecule has 2 atom stereocenters. The summed E-state index contributed by atoms with van der Waals surface area (Å²) >= 11 is 0. The first-order valence-corrected chi connectivity index (χ1v) is 9.87. The van der Waals surface area contributed by atoms with E-state index >= 15 is 0 Å². The first-order chi connectivity index (χ1) is 14.6. The van der Waals surface area contributed by atoms with Gasteiger partial charge in [0.25, 0.3) is 0 Å². The lowest BCUT2D eigenvalue weighted by atomic mass is 9.80. The number of nitrogens with zero attached hydrogens (tertiary/aromatic N) is 2. The number of ether oxygens (including phenoxy) is 2. The van der Waals surface area contributed by atoms with Gasteiger partial charge in [0.05, 0.1) is 30.9 Å². The number of piperidine rings is 1. The topological polar surface area (TPSA) is 79.6 Å². The zero-order valence-corrected chi connectivity index (χ0v) is 16.3. The zero-order chi connectivity index (χ0) is 21.1. The van der Waals surface area contributed by atoms with E-state index in [0.717, 1.165) is 11.6 Å². The number of hydrogen-bond acceptors (Lipinski definition) is 5. The lowest BCUT2D eigenvalue weighted by Crippen LogP contribution is -2.59. The van der Waals surface area contributed by atoms with Gasteiger partial charge in [-0.1, -0.05) is 30.3 Å². The summed E-state index contributed by atoms with van der Waals surface area (Å²) in [7, 11) is 0. The van der Waals surface area contributed by atoms with Gasteiger partial charge < -0.3 is 9.47 Å². The minimum Gasteiger partial charge on any atom is -0.445 e. The van der Waals surface area contributed by atoms with Crippen LogP contribution in [0.25, 0.3) is 0 Å². The first kappa shape index (κ1) is 20.0. The summed E-state index contributed by atoms with van der Waals surface area (Å²) in [6.45, 7) is 0.868. The highest BCUT2D eigenvalue weighted by atomic mass is 19.1. The van der Waals surface area contributed by atoms with Gasteiger partial charge in [-0.15, -0.1) is 0 Å². The molecule has 0 N–H and O–H groups in total. The number of hydrogen-bond donors (Lipinski definition) is 0. The van der Waals surface area contributed by atoms with E-state index in [4.69, 9.17) is 14.7 Å². The van der Waals surface area contributed by atoms with Gasteiger partial charge in [-0.05, 0) is 36.6 Å². The third-order valence-electron chi connectivity index (χ3n) is 5.68.